The number of hydrogen-bond donors (Lipinski definition) is 2. The van der Waals surface area contributed by atoms with Gasteiger partial charge in [0.25, 0.3) is 0 Å². The largest absolute Gasteiger partial charge is 0.383 e. The Morgan fingerprint density at radius 3 is 3.00 bits per heavy atom. The van der Waals surface area contributed by atoms with Gasteiger partial charge in [0.1, 0.15) is 0 Å². The molecule has 118 valence electrons. The van der Waals surface area contributed by atoms with Crippen LogP contribution in [-0.2, 0) is 11.3 Å². The van der Waals surface area contributed by atoms with E-state index in [9.17, 15) is 0 Å². The molecule has 0 radical (unpaired) electrons. The number of nitrogens with zero attached hydrogens (tertiary/aromatic N) is 2. The van der Waals surface area contributed by atoms with Crippen LogP contribution in [0, 0.1) is 17.8 Å². The standard InChI is InChI=1S/C15H25BrN4O/c1-21-5-4-20-15(13(16)9-18-20)14(19-17)8-12-7-10-2-3-11(12)6-10/h9-12,14,19H,2-8,17H2,1H3. The molecule has 2 aliphatic rings. The van der Waals surface area contributed by atoms with Crippen molar-refractivity contribution in [3.8, 4) is 0 Å². The van der Waals surface area contributed by atoms with E-state index in [0.717, 1.165) is 40.9 Å². The van der Waals surface area contributed by atoms with Crippen molar-refractivity contribution in [2.45, 2.75) is 44.7 Å². The molecule has 6 heteroatoms. The molecule has 3 rings (SSSR count). The average molecular weight is 357 g/mol. The normalized spacial score (nSPS) is 29.2. The number of fused-ring (bicyclic) bond motifs is 2. The highest BCUT2D eigenvalue weighted by Crippen LogP contribution is 2.51. The third-order valence-corrected chi connectivity index (χ3v) is 5.91. The Balaban J connectivity index is 1.72. The monoisotopic (exact) mass is 356 g/mol. The molecule has 21 heavy (non-hydrogen) atoms. The van der Waals surface area contributed by atoms with Gasteiger partial charge in [-0.3, -0.25) is 16.0 Å². The lowest BCUT2D eigenvalue weighted by atomic mass is 9.83. The fourth-order valence-electron chi connectivity index (χ4n) is 4.30. The van der Waals surface area contributed by atoms with E-state index in [1.807, 2.05) is 10.9 Å². The molecule has 0 spiro atoms. The number of hydrazine groups is 1. The van der Waals surface area contributed by atoms with Crippen molar-refractivity contribution in [1.82, 2.24) is 15.2 Å². The minimum Gasteiger partial charge on any atom is -0.383 e. The van der Waals surface area contributed by atoms with Crippen molar-refractivity contribution in [3.05, 3.63) is 16.4 Å². The topological polar surface area (TPSA) is 65.1 Å². The van der Waals surface area contributed by atoms with Gasteiger partial charge < -0.3 is 4.74 Å². The zero-order valence-corrected chi connectivity index (χ0v) is 14.2. The van der Waals surface area contributed by atoms with Crippen LogP contribution in [0.15, 0.2) is 10.7 Å². The molecule has 3 N–H and O–H groups in total. The van der Waals surface area contributed by atoms with Gasteiger partial charge in [-0.05, 0) is 59.4 Å². The molecule has 4 atom stereocenters. The Hall–Kier alpha value is -0.430. The Kier molecular flexibility index (Phi) is 4.99. The van der Waals surface area contributed by atoms with Crippen LogP contribution in [0.3, 0.4) is 0 Å². The number of nitrogens with one attached hydrogen (secondary N) is 1. The third-order valence-electron chi connectivity index (χ3n) is 5.29. The minimum absolute atomic E-state index is 0.156. The van der Waals surface area contributed by atoms with Crippen LogP contribution in [-0.4, -0.2) is 23.5 Å². The summed E-state index contributed by atoms with van der Waals surface area (Å²) in [5, 5.41) is 4.44. The van der Waals surface area contributed by atoms with Crippen molar-refractivity contribution >= 4 is 15.9 Å². The summed E-state index contributed by atoms with van der Waals surface area (Å²) in [7, 11) is 1.71. The van der Waals surface area contributed by atoms with Gasteiger partial charge in [-0.25, -0.2) is 0 Å². The molecule has 5 nitrogen and oxygen atoms in total. The number of ether oxygens (including phenoxy) is 1. The first kappa shape index (κ1) is 15.5. The SMILES string of the molecule is COCCn1ncc(Br)c1C(CC1CC2CCC1C2)NN. The van der Waals surface area contributed by atoms with Crippen LogP contribution in [0.2, 0.25) is 0 Å². The summed E-state index contributed by atoms with van der Waals surface area (Å²) in [6.07, 6.45) is 8.64. The molecule has 2 aliphatic carbocycles. The summed E-state index contributed by atoms with van der Waals surface area (Å²) in [6, 6.07) is 0.156. The van der Waals surface area contributed by atoms with E-state index in [1.165, 1.54) is 25.7 Å². The smallest absolute Gasteiger partial charge is 0.0710 e. The quantitative estimate of drug-likeness (QED) is 0.582. The highest BCUT2D eigenvalue weighted by Gasteiger charge is 2.40. The first-order valence-corrected chi connectivity index (χ1v) is 8.68. The summed E-state index contributed by atoms with van der Waals surface area (Å²) in [4.78, 5) is 0. The fraction of sp³-hybridized carbons (Fsp3) is 0.800. The average Bonchev–Trinajstić information content (AvgIpc) is 3.18. The van der Waals surface area contributed by atoms with Gasteiger partial charge in [-0.15, -0.1) is 0 Å². The summed E-state index contributed by atoms with van der Waals surface area (Å²) in [6.45, 7) is 1.42. The van der Waals surface area contributed by atoms with Gasteiger partial charge in [0.2, 0.25) is 0 Å². The first-order chi connectivity index (χ1) is 10.2. The zero-order valence-electron chi connectivity index (χ0n) is 12.6. The summed E-state index contributed by atoms with van der Waals surface area (Å²) < 4.78 is 8.21. The van der Waals surface area contributed by atoms with E-state index in [0.29, 0.717) is 6.61 Å². The molecule has 0 aromatic carbocycles. The summed E-state index contributed by atoms with van der Waals surface area (Å²) in [5.74, 6) is 8.56. The van der Waals surface area contributed by atoms with E-state index in [2.05, 4.69) is 26.5 Å². The van der Waals surface area contributed by atoms with E-state index in [1.54, 1.807) is 7.11 Å². The summed E-state index contributed by atoms with van der Waals surface area (Å²) in [5.41, 5.74) is 4.17. The van der Waals surface area contributed by atoms with E-state index >= 15 is 0 Å². The highest BCUT2D eigenvalue weighted by atomic mass is 79.9. The molecular weight excluding hydrogens is 332 g/mol. The molecular formula is C15H25BrN4O. The molecule has 2 saturated carbocycles. The van der Waals surface area contributed by atoms with Crippen molar-refractivity contribution in [1.29, 1.82) is 0 Å². The summed E-state index contributed by atoms with van der Waals surface area (Å²) >= 11 is 3.62. The maximum Gasteiger partial charge on any atom is 0.0710 e. The Labute approximate surface area is 134 Å². The van der Waals surface area contributed by atoms with Gasteiger partial charge in [-0.2, -0.15) is 5.10 Å². The van der Waals surface area contributed by atoms with Crippen molar-refractivity contribution in [2.75, 3.05) is 13.7 Å². The second-order valence-electron chi connectivity index (χ2n) is 6.48. The van der Waals surface area contributed by atoms with Gasteiger partial charge >= 0.3 is 0 Å². The predicted molar refractivity (Wildman–Crippen MR) is 85.4 cm³/mol. The van der Waals surface area contributed by atoms with E-state index < -0.39 is 0 Å². The number of aromatic nitrogens is 2. The van der Waals surface area contributed by atoms with Crippen LogP contribution < -0.4 is 11.3 Å². The van der Waals surface area contributed by atoms with E-state index in [-0.39, 0.29) is 6.04 Å². The molecule has 1 heterocycles. The second kappa shape index (κ2) is 6.77. The molecule has 2 fully saturated rings. The Morgan fingerprint density at radius 1 is 1.52 bits per heavy atom. The van der Waals surface area contributed by atoms with E-state index in [4.69, 9.17) is 10.6 Å². The van der Waals surface area contributed by atoms with Gasteiger partial charge in [0.05, 0.1) is 35.6 Å². The third kappa shape index (κ3) is 3.18. The molecule has 1 aromatic rings. The van der Waals surface area contributed by atoms with Crippen molar-refractivity contribution in [3.63, 3.8) is 0 Å². The molecule has 4 unspecified atom stereocenters. The lowest BCUT2D eigenvalue weighted by Crippen LogP contribution is -2.33. The number of methoxy groups -OCH3 is 1. The van der Waals surface area contributed by atoms with Gasteiger partial charge in [-0.1, -0.05) is 6.42 Å². The van der Waals surface area contributed by atoms with Crippen LogP contribution in [0.25, 0.3) is 0 Å². The van der Waals surface area contributed by atoms with Gasteiger partial charge in [0.15, 0.2) is 0 Å². The van der Waals surface area contributed by atoms with Gasteiger partial charge in [0, 0.05) is 7.11 Å². The number of rotatable bonds is 7. The Morgan fingerprint density at radius 2 is 2.38 bits per heavy atom. The molecule has 0 saturated heterocycles. The highest BCUT2D eigenvalue weighted by molar-refractivity contribution is 9.10. The zero-order chi connectivity index (χ0) is 14.8. The van der Waals surface area contributed by atoms with Crippen LogP contribution in [0.5, 0.6) is 0 Å². The molecule has 2 bridgehead atoms. The maximum absolute atomic E-state index is 5.86. The molecule has 0 amide bonds. The lowest BCUT2D eigenvalue weighted by molar-refractivity contribution is 0.180. The van der Waals surface area contributed by atoms with Crippen LogP contribution in [0.4, 0.5) is 0 Å². The minimum atomic E-state index is 0.156. The first-order valence-electron chi connectivity index (χ1n) is 7.89. The number of halogens is 1. The van der Waals surface area contributed by atoms with Crippen molar-refractivity contribution < 1.29 is 4.74 Å². The number of nitrogens with two attached hydrogens (primary N) is 1. The number of hydrogen-bond acceptors (Lipinski definition) is 4. The molecule has 0 aliphatic heterocycles. The van der Waals surface area contributed by atoms with Crippen molar-refractivity contribution in [2.24, 2.45) is 23.6 Å². The maximum atomic E-state index is 5.86. The van der Waals surface area contributed by atoms with Crippen LogP contribution >= 0.6 is 15.9 Å². The fourth-order valence-corrected chi connectivity index (χ4v) is 4.87. The predicted octanol–water partition coefficient (Wildman–Crippen LogP) is 2.62. The van der Waals surface area contributed by atoms with Crippen LogP contribution in [0.1, 0.15) is 43.8 Å². The second-order valence-corrected chi connectivity index (χ2v) is 7.34. The lowest BCUT2D eigenvalue weighted by Gasteiger charge is -2.27. The molecule has 1 aromatic heterocycles. The Bertz CT molecular complexity index is 478.